The molecule has 0 spiro atoms. The first-order chi connectivity index (χ1) is 12.7. The molecule has 1 atom stereocenters. The van der Waals surface area contributed by atoms with E-state index in [2.05, 4.69) is 10.2 Å². The van der Waals surface area contributed by atoms with Gasteiger partial charge in [0.05, 0.1) is 19.3 Å². The predicted octanol–water partition coefficient (Wildman–Crippen LogP) is 3.36. The van der Waals surface area contributed by atoms with Crippen LogP contribution in [0.4, 0.5) is 0 Å². The molecule has 1 amide bonds. The molecule has 1 aliphatic rings. The maximum atomic E-state index is 12.5. The van der Waals surface area contributed by atoms with Gasteiger partial charge in [-0.2, -0.15) is 0 Å². The molecular formula is C19H19N3O4. The third-order valence-electron chi connectivity index (χ3n) is 4.57. The summed E-state index contributed by atoms with van der Waals surface area (Å²) >= 11 is 0. The van der Waals surface area contributed by atoms with E-state index in [0.717, 1.165) is 24.2 Å². The molecule has 3 heterocycles. The van der Waals surface area contributed by atoms with Crippen LogP contribution in [0.15, 0.2) is 51.5 Å². The minimum atomic E-state index is -0.102. The Hall–Kier alpha value is -3.09. The number of methoxy groups -OCH3 is 1. The molecule has 2 aromatic heterocycles. The van der Waals surface area contributed by atoms with Crippen molar-refractivity contribution in [2.24, 2.45) is 0 Å². The van der Waals surface area contributed by atoms with Crippen LogP contribution in [0.1, 0.15) is 35.2 Å². The lowest BCUT2D eigenvalue weighted by Crippen LogP contribution is -2.39. The van der Waals surface area contributed by atoms with E-state index in [0.29, 0.717) is 30.6 Å². The highest BCUT2D eigenvalue weighted by molar-refractivity contribution is 5.91. The summed E-state index contributed by atoms with van der Waals surface area (Å²) in [6.07, 6.45) is 3.30. The van der Waals surface area contributed by atoms with Crippen molar-refractivity contribution < 1.29 is 18.4 Å². The first-order valence-corrected chi connectivity index (χ1v) is 8.55. The molecular weight excluding hydrogens is 334 g/mol. The summed E-state index contributed by atoms with van der Waals surface area (Å²) in [6.45, 7) is 1.25. The molecule has 0 aliphatic carbocycles. The second-order valence-electron chi connectivity index (χ2n) is 6.24. The van der Waals surface area contributed by atoms with E-state index in [1.54, 1.807) is 24.1 Å². The fraction of sp³-hybridized carbons (Fsp3) is 0.316. The highest BCUT2D eigenvalue weighted by atomic mass is 16.5. The smallest absolute Gasteiger partial charge is 0.289 e. The molecule has 0 saturated carbocycles. The summed E-state index contributed by atoms with van der Waals surface area (Å²) in [4.78, 5) is 14.3. The summed E-state index contributed by atoms with van der Waals surface area (Å²) in [6, 6.07) is 10.9. The highest BCUT2D eigenvalue weighted by Gasteiger charge is 2.30. The zero-order valence-corrected chi connectivity index (χ0v) is 14.4. The number of amides is 1. The van der Waals surface area contributed by atoms with Gasteiger partial charge < -0.3 is 18.5 Å². The molecule has 0 N–H and O–H groups in total. The molecule has 134 valence electrons. The number of hydrogen-bond donors (Lipinski definition) is 0. The normalized spacial score (nSPS) is 17.3. The Morgan fingerprint density at radius 1 is 1.23 bits per heavy atom. The Kier molecular flexibility index (Phi) is 4.43. The second-order valence-corrected chi connectivity index (χ2v) is 6.24. The maximum absolute atomic E-state index is 12.5. The van der Waals surface area contributed by atoms with Crippen molar-refractivity contribution in [2.45, 2.75) is 18.8 Å². The van der Waals surface area contributed by atoms with Gasteiger partial charge in [-0.25, -0.2) is 0 Å². The third-order valence-corrected chi connectivity index (χ3v) is 4.57. The van der Waals surface area contributed by atoms with Gasteiger partial charge in [-0.15, -0.1) is 10.2 Å². The van der Waals surface area contributed by atoms with Crippen molar-refractivity contribution >= 4 is 5.91 Å². The number of carbonyl (C=O) groups is 1. The largest absolute Gasteiger partial charge is 0.497 e. The summed E-state index contributed by atoms with van der Waals surface area (Å²) in [5.74, 6) is 2.09. The van der Waals surface area contributed by atoms with Crippen LogP contribution < -0.4 is 4.74 Å². The van der Waals surface area contributed by atoms with Crippen molar-refractivity contribution in [3.05, 3.63) is 54.3 Å². The lowest BCUT2D eigenvalue weighted by molar-refractivity contribution is 0.0666. The summed E-state index contributed by atoms with van der Waals surface area (Å²) < 4.78 is 16.3. The number of piperidine rings is 1. The molecule has 3 aromatic rings. The van der Waals surface area contributed by atoms with Crippen LogP contribution in [-0.4, -0.2) is 41.2 Å². The number of nitrogens with zero attached hydrogens (tertiary/aromatic N) is 3. The monoisotopic (exact) mass is 353 g/mol. The van der Waals surface area contributed by atoms with Gasteiger partial charge in [0.2, 0.25) is 11.8 Å². The standard InChI is InChI=1S/C19H19N3O4/c1-24-15-8-6-13(7-9-15)17-20-21-18(26-17)14-4-2-10-22(12-14)19(23)16-5-3-11-25-16/h3,5-9,11,14H,2,4,10,12H2,1H3/t14-/m0/s1. The van der Waals surface area contributed by atoms with E-state index >= 15 is 0 Å². The van der Waals surface area contributed by atoms with Crippen molar-refractivity contribution in [1.29, 1.82) is 0 Å². The number of likely N-dealkylation sites (tertiary alicyclic amines) is 1. The quantitative estimate of drug-likeness (QED) is 0.715. The van der Waals surface area contributed by atoms with Crippen molar-refractivity contribution in [3.63, 3.8) is 0 Å². The van der Waals surface area contributed by atoms with Gasteiger partial charge in [-0.05, 0) is 49.2 Å². The van der Waals surface area contributed by atoms with Gasteiger partial charge in [0, 0.05) is 18.7 Å². The van der Waals surface area contributed by atoms with Crippen LogP contribution in [-0.2, 0) is 0 Å². The van der Waals surface area contributed by atoms with Gasteiger partial charge in [0.1, 0.15) is 5.75 Å². The third kappa shape index (κ3) is 3.20. The fourth-order valence-electron chi connectivity index (χ4n) is 3.17. The fourth-order valence-corrected chi connectivity index (χ4v) is 3.17. The first kappa shape index (κ1) is 16.4. The average Bonchev–Trinajstić information content (AvgIpc) is 3.40. The molecule has 0 radical (unpaired) electrons. The molecule has 1 aliphatic heterocycles. The summed E-state index contributed by atoms with van der Waals surface area (Å²) in [5, 5.41) is 8.36. The van der Waals surface area contributed by atoms with Crippen LogP contribution in [0, 0.1) is 0 Å². The Balaban J connectivity index is 1.49. The van der Waals surface area contributed by atoms with Crippen molar-refractivity contribution in [3.8, 4) is 17.2 Å². The Labute approximate surface area is 150 Å². The average molecular weight is 353 g/mol. The van der Waals surface area contributed by atoms with E-state index in [4.69, 9.17) is 13.6 Å². The molecule has 0 unspecified atom stereocenters. The summed E-state index contributed by atoms with van der Waals surface area (Å²) in [7, 11) is 1.62. The van der Waals surface area contributed by atoms with Crippen LogP contribution in [0.3, 0.4) is 0 Å². The number of carbonyl (C=O) groups excluding carboxylic acids is 1. The minimum absolute atomic E-state index is 0.0298. The number of rotatable bonds is 4. The number of hydrogen-bond acceptors (Lipinski definition) is 6. The SMILES string of the molecule is COc1ccc(-c2nnc([C@H]3CCCN(C(=O)c4ccco4)C3)o2)cc1. The molecule has 1 aromatic carbocycles. The van der Waals surface area contributed by atoms with Crippen LogP contribution in [0.25, 0.3) is 11.5 Å². The van der Waals surface area contributed by atoms with Gasteiger partial charge in [-0.3, -0.25) is 4.79 Å². The molecule has 4 rings (SSSR count). The molecule has 1 fully saturated rings. The van der Waals surface area contributed by atoms with Gasteiger partial charge >= 0.3 is 0 Å². The Morgan fingerprint density at radius 3 is 2.81 bits per heavy atom. The van der Waals surface area contributed by atoms with Crippen LogP contribution in [0.2, 0.25) is 0 Å². The molecule has 1 saturated heterocycles. The van der Waals surface area contributed by atoms with Crippen molar-refractivity contribution in [1.82, 2.24) is 15.1 Å². The van der Waals surface area contributed by atoms with E-state index in [9.17, 15) is 4.79 Å². The number of furan rings is 1. The molecule has 0 bridgehead atoms. The predicted molar refractivity (Wildman–Crippen MR) is 92.9 cm³/mol. The Bertz CT molecular complexity index is 871. The van der Waals surface area contributed by atoms with E-state index in [-0.39, 0.29) is 11.8 Å². The molecule has 7 nitrogen and oxygen atoms in total. The number of aromatic nitrogens is 2. The van der Waals surface area contributed by atoms with E-state index < -0.39 is 0 Å². The van der Waals surface area contributed by atoms with Gasteiger partial charge in [0.15, 0.2) is 5.76 Å². The molecule has 26 heavy (non-hydrogen) atoms. The summed E-state index contributed by atoms with van der Waals surface area (Å²) in [5.41, 5.74) is 0.837. The second kappa shape index (κ2) is 7.03. The van der Waals surface area contributed by atoms with E-state index in [1.807, 2.05) is 24.3 Å². The minimum Gasteiger partial charge on any atom is -0.497 e. The van der Waals surface area contributed by atoms with Crippen LogP contribution >= 0.6 is 0 Å². The Morgan fingerprint density at radius 2 is 2.08 bits per heavy atom. The molecule has 7 heteroatoms. The maximum Gasteiger partial charge on any atom is 0.289 e. The lowest BCUT2D eigenvalue weighted by Gasteiger charge is -2.30. The van der Waals surface area contributed by atoms with Gasteiger partial charge in [-0.1, -0.05) is 0 Å². The zero-order chi connectivity index (χ0) is 17.9. The number of ether oxygens (including phenoxy) is 1. The van der Waals surface area contributed by atoms with Crippen LogP contribution in [0.5, 0.6) is 5.75 Å². The first-order valence-electron chi connectivity index (χ1n) is 8.55. The highest BCUT2D eigenvalue weighted by Crippen LogP contribution is 2.29. The number of benzene rings is 1. The van der Waals surface area contributed by atoms with E-state index in [1.165, 1.54) is 6.26 Å². The topological polar surface area (TPSA) is 81.6 Å². The zero-order valence-electron chi connectivity index (χ0n) is 14.4. The lowest BCUT2D eigenvalue weighted by atomic mass is 9.98. The van der Waals surface area contributed by atoms with Crippen molar-refractivity contribution in [2.75, 3.05) is 20.2 Å². The van der Waals surface area contributed by atoms with Gasteiger partial charge in [0.25, 0.3) is 5.91 Å².